The van der Waals surface area contributed by atoms with Crippen LogP contribution in [0, 0.1) is 16.0 Å². The van der Waals surface area contributed by atoms with E-state index in [-0.39, 0.29) is 24.2 Å². The average Bonchev–Trinajstić information content (AvgIpc) is 3.17. The van der Waals surface area contributed by atoms with Crippen molar-refractivity contribution in [2.45, 2.75) is 6.42 Å². The highest BCUT2D eigenvalue weighted by Crippen LogP contribution is 2.19. The van der Waals surface area contributed by atoms with E-state index in [2.05, 4.69) is 5.43 Å². The third-order valence-electron chi connectivity index (χ3n) is 4.77. The van der Waals surface area contributed by atoms with Gasteiger partial charge in [0, 0.05) is 29.7 Å². The number of carbonyl (C=O) groups is 4. The lowest BCUT2D eigenvalue weighted by molar-refractivity contribution is -0.384. The molecule has 0 aromatic heterocycles. The maximum Gasteiger partial charge on any atom is 0.311 e. The van der Waals surface area contributed by atoms with Crippen LogP contribution >= 0.6 is 0 Å². The van der Waals surface area contributed by atoms with E-state index in [1.165, 1.54) is 37.4 Å². The van der Waals surface area contributed by atoms with Gasteiger partial charge in [0.2, 0.25) is 5.91 Å². The van der Waals surface area contributed by atoms with Crippen molar-refractivity contribution in [3.63, 3.8) is 0 Å². The monoisotopic (exact) mass is 441 g/mol. The molecule has 1 N–H and O–H groups in total. The topological polar surface area (TPSA) is 145 Å². The van der Waals surface area contributed by atoms with Crippen molar-refractivity contribution >= 4 is 29.3 Å². The van der Waals surface area contributed by atoms with Gasteiger partial charge in [-0.3, -0.25) is 39.7 Å². The van der Waals surface area contributed by atoms with Gasteiger partial charge in [-0.15, -0.1) is 0 Å². The normalized spacial score (nSPS) is 15.2. The van der Waals surface area contributed by atoms with Gasteiger partial charge in [0.05, 0.1) is 24.5 Å². The Labute approximate surface area is 182 Å². The number of nitro groups is 1. The van der Waals surface area contributed by atoms with Gasteiger partial charge in [0.25, 0.3) is 11.6 Å². The first kappa shape index (κ1) is 22.4. The maximum atomic E-state index is 12.3. The summed E-state index contributed by atoms with van der Waals surface area (Å²) in [5, 5.41) is 11.7. The van der Waals surface area contributed by atoms with Crippen molar-refractivity contribution in [2.75, 3.05) is 20.3 Å². The van der Waals surface area contributed by atoms with E-state index in [9.17, 15) is 29.3 Å². The van der Waals surface area contributed by atoms with Gasteiger partial charge in [-0.05, 0) is 24.3 Å². The number of esters is 1. The number of non-ortho nitro benzene ring substituents is 1. The number of methoxy groups -OCH3 is 1. The number of carbonyl (C=O) groups excluding carboxylic acids is 4. The summed E-state index contributed by atoms with van der Waals surface area (Å²) in [5.74, 6) is -2.68. The molecule has 11 heteroatoms. The largest absolute Gasteiger partial charge is 0.497 e. The molecule has 2 amide bonds. The molecule has 2 aromatic rings. The van der Waals surface area contributed by atoms with E-state index in [1.807, 2.05) is 0 Å². The number of ether oxygens (including phenoxy) is 2. The molecular formula is C21H19N3O8. The Kier molecular flexibility index (Phi) is 6.78. The van der Waals surface area contributed by atoms with Crippen molar-refractivity contribution in [1.29, 1.82) is 0 Å². The standard InChI is InChI=1S/C21H19N3O8/c1-31-17-4-2-3-14(9-17)18(25)12-32-21(28)15-10-19(26)23(11-15)22-20(27)13-5-7-16(8-6-13)24(29)30/h2-9,15H,10-12H2,1H3,(H,22,27)/t15-/m0/s1. The molecule has 0 bridgehead atoms. The van der Waals surface area contributed by atoms with E-state index in [4.69, 9.17) is 9.47 Å². The van der Waals surface area contributed by atoms with Crippen LogP contribution in [0.25, 0.3) is 0 Å². The molecule has 2 aromatic carbocycles. The van der Waals surface area contributed by atoms with E-state index >= 15 is 0 Å². The number of nitro benzene ring substituents is 1. The van der Waals surface area contributed by atoms with E-state index in [0.717, 1.165) is 5.01 Å². The van der Waals surface area contributed by atoms with E-state index < -0.39 is 41.0 Å². The molecule has 3 rings (SSSR count). The summed E-state index contributed by atoms with van der Waals surface area (Å²) in [5.41, 5.74) is 2.62. The number of ketones is 1. The maximum absolute atomic E-state index is 12.3. The van der Waals surface area contributed by atoms with Crippen LogP contribution in [-0.4, -0.2) is 53.8 Å². The second-order valence-corrected chi connectivity index (χ2v) is 6.91. The lowest BCUT2D eigenvalue weighted by Crippen LogP contribution is -2.43. The highest BCUT2D eigenvalue weighted by molar-refractivity contribution is 5.99. The highest BCUT2D eigenvalue weighted by atomic mass is 16.6. The molecule has 11 nitrogen and oxygen atoms in total. The first-order valence-corrected chi connectivity index (χ1v) is 9.48. The van der Waals surface area contributed by atoms with Gasteiger partial charge < -0.3 is 9.47 Å². The van der Waals surface area contributed by atoms with Crippen LogP contribution in [0.4, 0.5) is 5.69 Å². The lowest BCUT2D eigenvalue weighted by Gasteiger charge is -2.17. The van der Waals surface area contributed by atoms with Gasteiger partial charge >= 0.3 is 5.97 Å². The summed E-state index contributed by atoms with van der Waals surface area (Å²) < 4.78 is 10.1. The molecule has 0 saturated carbocycles. The fraction of sp³-hybridized carbons (Fsp3) is 0.238. The van der Waals surface area contributed by atoms with Crippen LogP contribution in [0.1, 0.15) is 27.1 Å². The number of nitrogens with zero attached hydrogens (tertiary/aromatic N) is 2. The molecule has 0 spiro atoms. The lowest BCUT2D eigenvalue weighted by atomic mass is 10.1. The third-order valence-corrected chi connectivity index (χ3v) is 4.77. The predicted octanol–water partition coefficient (Wildman–Crippen LogP) is 1.52. The third kappa shape index (κ3) is 5.25. The van der Waals surface area contributed by atoms with Crippen LogP contribution in [0.3, 0.4) is 0 Å². The molecule has 1 saturated heterocycles. The molecule has 166 valence electrons. The number of amides is 2. The zero-order valence-electron chi connectivity index (χ0n) is 17.0. The van der Waals surface area contributed by atoms with E-state index in [1.54, 1.807) is 18.2 Å². The van der Waals surface area contributed by atoms with Crippen molar-refractivity contribution in [2.24, 2.45) is 5.92 Å². The first-order valence-electron chi connectivity index (χ1n) is 9.48. The quantitative estimate of drug-likeness (QED) is 0.281. The molecule has 0 aliphatic carbocycles. The van der Waals surface area contributed by atoms with Crippen molar-refractivity contribution < 1.29 is 33.6 Å². The predicted molar refractivity (Wildman–Crippen MR) is 109 cm³/mol. The van der Waals surface area contributed by atoms with Gasteiger partial charge in [0.15, 0.2) is 12.4 Å². The minimum absolute atomic E-state index is 0.110. The molecule has 1 heterocycles. The van der Waals surface area contributed by atoms with Crippen molar-refractivity contribution in [3.05, 3.63) is 69.8 Å². The smallest absolute Gasteiger partial charge is 0.311 e. The highest BCUT2D eigenvalue weighted by Gasteiger charge is 2.36. The molecule has 1 aliphatic heterocycles. The van der Waals surface area contributed by atoms with Crippen LogP contribution in [0.5, 0.6) is 5.75 Å². The minimum atomic E-state index is -0.849. The number of benzene rings is 2. The van der Waals surface area contributed by atoms with Gasteiger partial charge in [-0.2, -0.15) is 0 Å². The molecule has 0 radical (unpaired) electrons. The summed E-state index contributed by atoms with van der Waals surface area (Å²) in [7, 11) is 1.47. The summed E-state index contributed by atoms with van der Waals surface area (Å²) in [6.45, 7) is -0.615. The molecule has 32 heavy (non-hydrogen) atoms. The Hall–Kier alpha value is -4.28. The number of Topliss-reactive ketones (excluding diaryl/α,β-unsaturated/α-hetero) is 1. The fourth-order valence-corrected chi connectivity index (χ4v) is 3.03. The summed E-state index contributed by atoms with van der Waals surface area (Å²) >= 11 is 0. The van der Waals surface area contributed by atoms with Crippen LogP contribution in [-0.2, 0) is 14.3 Å². The number of hydrogen-bond donors (Lipinski definition) is 1. The molecule has 0 unspecified atom stereocenters. The van der Waals surface area contributed by atoms with Gasteiger partial charge in [-0.1, -0.05) is 12.1 Å². The van der Waals surface area contributed by atoms with Gasteiger partial charge in [-0.25, -0.2) is 0 Å². The Balaban J connectivity index is 1.52. The number of hydrogen-bond acceptors (Lipinski definition) is 8. The molecule has 1 atom stereocenters. The van der Waals surface area contributed by atoms with Crippen LogP contribution < -0.4 is 10.2 Å². The Morgan fingerprint density at radius 1 is 1.16 bits per heavy atom. The SMILES string of the molecule is COc1cccc(C(=O)COC(=O)[C@H]2CC(=O)N(NC(=O)c3ccc([N+](=O)[O-])cc3)C2)c1. The summed E-state index contributed by atoms with van der Waals surface area (Å²) in [6.07, 6.45) is -0.188. The molecule has 1 fully saturated rings. The molecule has 1 aliphatic rings. The zero-order valence-corrected chi connectivity index (χ0v) is 17.0. The second kappa shape index (κ2) is 9.69. The Bertz CT molecular complexity index is 1070. The van der Waals surface area contributed by atoms with Crippen LogP contribution in [0.15, 0.2) is 48.5 Å². The second-order valence-electron chi connectivity index (χ2n) is 6.91. The minimum Gasteiger partial charge on any atom is -0.497 e. The average molecular weight is 441 g/mol. The van der Waals surface area contributed by atoms with Crippen LogP contribution in [0.2, 0.25) is 0 Å². The number of rotatable bonds is 8. The Morgan fingerprint density at radius 2 is 1.88 bits per heavy atom. The summed E-state index contributed by atoms with van der Waals surface area (Å²) in [6, 6.07) is 11.2. The fourth-order valence-electron chi connectivity index (χ4n) is 3.03. The van der Waals surface area contributed by atoms with Crippen molar-refractivity contribution in [1.82, 2.24) is 10.4 Å². The van der Waals surface area contributed by atoms with Crippen molar-refractivity contribution in [3.8, 4) is 5.75 Å². The van der Waals surface area contributed by atoms with Gasteiger partial charge in [0.1, 0.15) is 5.75 Å². The Morgan fingerprint density at radius 3 is 2.53 bits per heavy atom. The molecular weight excluding hydrogens is 422 g/mol. The van der Waals surface area contributed by atoms with E-state index in [0.29, 0.717) is 11.3 Å². The number of nitrogens with one attached hydrogen (secondary N) is 1. The summed E-state index contributed by atoms with van der Waals surface area (Å²) in [4.78, 5) is 59.1. The first-order chi connectivity index (χ1) is 15.3. The zero-order chi connectivity index (χ0) is 23.3. The number of hydrazine groups is 1.